The lowest BCUT2D eigenvalue weighted by atomic mass is 9.91. The Kier molecular flexibility index (Phi) is 15.6. The van der Waals surface area contributed by atoms with Gasteiger partial charge in [-0.25, -0.2) is 14.2 Å². The Morgan fingerprint density at radius 3 is 2.45 bits per heavy atom. The first-order valence-corrected chi connectivity index (χ1v) is 31.5. The van der Waals surface area contributed by atoms with Gasteiger partial charge in [0.05, 0.1) is 27.7 Å². The van der Waals surface area contributed by atoms with Crippen molar-refractivity contribution in [3.63, 3.8) is 0 Å². The third-order valence-electron chi connectivity index (χ3n) is 19.1. The van der Waals surface area contributed by atoms with E-state index in [4.69, 9.17) is 24.0 Å². The number of carbonyl (C=O) groups is 3. The summed E-state index contributed by atoms with van der Waals surface area (Å²) >= 11 is 1.61. The second kappa shape index (κ2) is 23.5. The molecule has 0 spiro atoms. The van der Waals surface area contributed by atoms with Crippen LogP contribution in [0.2, 0.25) is 0 Å². The number of aromatic nitrogens is 4. The topological polar surface area (TPSA) is 195 Å². The maximum Gasteiger partial charge on any atom is 0.409 e. The van der Waals surface area contributed by atoms with Gasteiger partial charge in [-0.15, -0.1) is 11.3 Å². The van der Waals surface area contributed by atoms with Crippen molar-refractivity contribution < 1.29 is 37.9 Å². The molecule has 4 aromatic carbocycles. The van der Waals surface area contributed by atoms with Gasteiger partial charge < -0.3 is 49.3 Å². The lowest BCUT2D eigenvalue weighted by molar-refractivity contribution is -0.141. The van der Waals surface area contributed by atoms with Gasteiger partial charge in [0.25, 0.3) is 0 Å². The number of aryl methyl sites for hydroxylation is 2. The molecule has 6 saturated heterocycles. The molecule has 20 heteroatoms. The summed E-state index contributed by atoms with van der Waals surface area (Å²) in [5, 5.41) is 24.6. The number of ether oxygens (including phenoxy) is 2. The van der Waals surface area contributed by atoms with Crippen molar-refractivity contribution in [1.29, 1.82) is 0 Å². The van der Waals surface area contributed by atoms with E-state index in [1.807, 2.05) is 75.7 Å². The molecule has 3 N–H and O–H groups in total. The SMILES string of the molecule is CCc1cccc2cc(O)cc(-c3ccc4c(N5CC6CCC(C5)N6)nc(OC[C@]56CCCN5[C@H](COC(=O)N5CCN(c7cc([C@H](C(=O)N8CCC[C@H]8C(=O)N[C@@H](C)c8ccc(-c9scnc9C)cc8)C(C)C)on7)CC5)CC6)nc4c3F)c12. The van der Waals surface area contributed by atoms with E-state index < -0.39 is 17.8 Å². The molecule has 7 aromatic rings. The van der Waals surface area contributed by atoms with Crippen molar-refractivity contribution in [2.45, 2.75) is 134 Å². The van der Waals surface area contributed by atoms with Gasteiger partial charge in [0, 0.05) is 81.0 Å². The number of anilines is 2. The molecule has 3 amide bonds. The monoisotopic (exact) mass is 1170 g/mol. The van der Waals surface area contributed by atoms with Crippen molar-refractivity contribution >= 4 is 62.6 Å². The number of thiazole rings is 1. The third-order valence-corrected chi connectivity index (χ3v) is 20.1. The Morgan fingerprint density at radius 2 is 1.69 bits per heavy atom. The first kappa shape index (κ1) is 56.7. The number of rotatable bonds is 16. The minimum Gasteiger partial charge on any atom is -0.508 e. The maximum absolute atomic E-state index is 17.4. The lowest BCUT2D eigenvalue weighted by Crippen LogP contribution is -2.51. The van der Waals surface area contributed by atoms with Crippen LogP contribution in [-0.4, -0.2) is 153 Å². The minimum atomic E-state index is -0.633. The summed E-state index contributed by atoms with van der Waals surface area (Å²) in [5.41, 5.74) is 6.82. The van der Waals surface area contributed by atoms with E-state index in [1.165, 1.54) is 0 Å². The summed E-state index contributed by atoms with van der Waals surface area (Å²) in [6.45, 7) is 15.2. The highest BCUT2D eigenvalue weighted by atomic mass is 32.1. The van der Waals surface area contributed by atoms with E-state index in [9.17, 15) is 19.5 Å². The highest BCUT2D eigenvalue weighted by Gasteiger charge is 2.50. The number of nitrogens with zero attached hydrogens (tertiary/aromatic N) is 9. The van der Waals surface area contributed by atoms with Gasteiger partial charge in [-0.1, -0.05) is 74.5 Å². The Hall–Kier alpha value is -7.42. The van der Waals surface area contributed by atoms with E-state index >= 15 is 4.39 Å². The molecule has 85 heavy (non-hydrogen) atoms. The number of halogens is 1. The smallest absolute Gasteiger partial charge is 0.409 e. The minimum absolute atomic E-state index is 0.00688. The van der Waals surface area contributed by atoms with Crippen LogP contribution in [0.15, 0.2) is 82.8 Å². The Labute approximate surface area is 499 Å². The van der Waals surface area contributed by atoms with Crippen molar-refractivity contribution in [1.82, 2.24) is 45.4 Å². The number of phenolic OH excluding ortho intramolecular Hbond substituents is 1. The molecule has 6 aliphatic heterocycles. The van der Waals surface area contributed by atoms with Crippen LogP contribution in [0.1, 0.15) is 114 Å². The number of benzene rings is 4. The Balaban J connectivity index is 0.630. The fourth-order valence-corrected chi connectivity index (χ4v) is 15.5. The number of aromatic hydroxyl groups is 1. The molecule has 6 aliphatic rings. The second-order valence-corrected chi connectivity index (χ2v) is 25.6. The van der Waals surface area contributed by atoms with Gasteiger partial charge in [-0.05, 0) is 135 Å². The fourth-order valence-electron chi connectivity index (χ4n) is 14.7. The van der Waals surface area contributed by atoms with E-state index in [1.54, 1.807) is 39.3 Å². The fraction of sp³-hybridized carbons (Fsp3) is 0.492. The highest BCUT2D eigenvalue weighted by Crippen LogP contribution is 2.45. The molecule has 13 rings (SSSR count). The normalized spacial score (nSPS) is 23.1. The first-order valence-electron chi connectivity index (χ1n) is 30.6. The van der Waals surface area contributed by atoms with Gasteiger partial charge >= 0.3 is 12.1 Å². The Bertz CT molecular complexity index is 3630. The number of fused-ring (bicyclic) bond motifs is 5. The molecule has 0 radical (unpaired) electrons. The molecular weight excluding hydrogens is 1100 g/mol. The van der Waals surface area contributed by atoms with Crippen molar-refractivity contribution in [3.05, 3.63) is 107 Å². The number of hydrogen-bond acceptors (Lipinski definition) is 16. The van der Waals surface area contributed by atoms with Gasteiger partial charge in [0.15, 0.2) is 17.4 Å². The third kappa shape index (κ3) is 10.9. The second-order valence-electron chi connectivity index (χ2n) is 24.7. The molecule has 0 saturated carbocycles. The zero-order valence-corrected chi connectivity index (χ0v) is 50.0. The highest BCUT2D eigenvalue weighted by molar-refractivity contribution is 7.13. The molecule has 2 unspecified atom stereocenters. The van der Waals surface area contributed by atoms with Crippen molar-refractivity contribution in [3.8, 4) is 33.3 Å². The van der Waals surface area contributed by atoms with Crippen LogP contribution in [0, 0.1) is 18.7 Å². The number of nitrogens with one attached hydrogen (secondary N) is 2. The number of likely N-dealkylation sites (tertiary alicyclic amines) is 1. The molecule has 18 nitrogen and oxygen atoms in total. The molecule has 0 aliphatic carbocycles. The molecule has 2 bridgehead atoms. The van der Waals surface area contributed by atoms with Crippen molar-refractivity contribution in [2.75, 3.05) is 75.4 Å². The van der Waals surface area contributed by atoms with Gasteiger partial charge in [-0.2, -0.15) is 9.97 Å². The maximum atomic E-state index is 17.4. The van der Waals surface area contributed by atoms with Crippen molar-refractivity contribution in [2.24, 2.45) is 5.92 Å². The molecular formula is C65H76FN11O7S. The standard InChI is InChI=1S/C65H76FN11O7S/c1-6-41-10-7-11-44-30-48(78)31-51(56(41)44)49-19-20-50-58(57(49)66)70-63(71-60(50)75-33-45-17-18-46(34-75)69-45)83-36-65-22-9-25-77(65)47(21-23-65)35-82-64(81)74-28-26-73(27-29-74)54-32-53(84-72-54)55(38(2)3)62(80)76-24-8-12-52(76)61(79)68-39(4)42-13-15-43(16-14-42)59-40(5)67-37-85-59/h7,10-11,13-16,19-20,30-32,37-39,45-47,52,55,69,78H,6,8-9,12,17-18,21-29,33-36H2,1-5H3,(H,68,79)/t39-,45?,46?,47-,52-,55+,65+/m0/s1. The zero-order valence-electron chi connectivity index (χ0n) is 49.2. The first-order chi connectivity index (χ1) is 41.2. The zero-order chi connectivity index (χ0) is 58.7. The summed E-state index contributed by atoms with van der Waals surface area (Å²) in [4.78, 5) is 67.7. The number of phenols is 1. The molecule has 9 heterocycles. The number of hydrogen-bond donors (Lipinski definition) is 3. The summed E-state index contributed by atoms with van der Waals surface area (Å²) in [5.74, 6) is 0.231. The van der Waals surface area contributed by atoms with E-state index in [0.29, 0.717) is 91.7 Å². The van der Waals surface area contributed by atoms with Crippen LogP contribution in [0.4, 0.5) is 20.8 Å². The predicted octanol–water partition coefficient (Wildman–Crippen LogP) is 10.2. The van der Waals surface area contributed by atoms with Gasteiger partial charge in [0.1, 0.15) is 42.3 Å². The van der Waals surface area contributed by atoms with E-state index in [0.717, 1.165) is 109 Å². The summed E-state index contributed by atoms with van der Waals surface area (Å²) < 4.78 is 36.2. The molecule has 6 fully saturated rings. The number of amides is 3. The van der Waals surface area contributed by atoms with Gasteiger partial charge in [0.2, 0.25) is 11.8 Å². The summed E-state index contributed by atoms with van der Waals surface area (Å²) in [6, 6.07) is 23.0. The average Bonchev–Trinajstić information content (AvgIpc) is 3.19. The quantitative estimate of drug-likeness (QED) is 0.0826. The largest absolute Gasteiger partial charge is 0.508 e. The van der Waals surface area contributed by atoms with Crippen LogP contribution in [-0.2, 0) is 20.7 Å². The van der Waals surface area contributed by atoms with Crippen LogP contribution < -0.4 is 25.2 Å². The van der Waals surface area contributed by atoms with E-state index in [2.05, 4.69) is 54.5 Å². The van der Waals surface area contributed by atoms with Crippen LogP contribution in [0.3, 0.4) is 0 Å². The molecule has 7 atom stereocenters. The van der Waals surface area contributed by atoms with Gasteiger partial charge in [-0.3, -0.25) is 14.5 Å². The van der Waals surface area contributed by atoms with Crippen LogP contribution in [0.25, 0.3) is 43.2 Å². The summed E-state index contributed by atoms with van der Waals surface area (Å²) in [7, 11) is 0. The Morgan fingerprint density at radius 1 is 0.894 bits per heavy atom. The van der Waals surface area contributed by atoms with Crippen LogP contribution >= 0.6 is 11.3 Å². The van der Waals surface area contributed by atoms with E-state index in [-0.39, 0.29) is 65.3 Å². The molecule has 3 aromatic heterocycles. The predicted molar refractivity (Wildman–Crippen MR) is 326 cm³/mol. The van der Waals surface area contributed by atoms with Crippen LogP contribution in [0.5, 0.6) is 11.8 Å². The molecule has 446 valence electrons. The summed E-state index contributed by atoms with van der Waals surface area (Å²) in [6.07, 6.45) is 7.40. The lowest BCUT2D eigenvalue weighted by Gasteiger charge is -2.36. The number of carbonyl (C=O) groups excluding carboxylic acids is 3. The number of piperazine rings is 2. The average molecular weight is 1170 g/mol.